The molecule has 0 amide bonds. The number of hydrogen-bond acceptors (Lipinski definition) is 7. The number of rotatable bonds is 8. The molecule has 0 atom stereocenters. The minimum absolute atomic E-state index is 0.551. The van der Waals surface area contributed by atoms with Crippen molar-refractivity contribution in [2.45, 2.75) is 12.8 Å². The smallest absolute Gasteiger partial charge is 0.252 e. The van der Waals surface area contributed by atoms with Gasteiger partial charge in [-0.15, -0.1) is 5.10 Å². The first-order chi connectivity index (χ1) is 15.2. The van der Waals surface area contributed by atoms with Gasteiger partial charge in [-0.2, -0.15) is 9.50 Å². The zero-order valence-corrected chi connectivity index (χ0v) is 18.0. The molecule has 0 aliphatic carbocycles. The fraction of sp³-hybridized carbons (Fsp3) is 0.261. The lowest BCUT2D eigenvalue weighted by atomic mass is 10.1. The highest BCUT2D eigenvalue weighted by Crippen LogP contribution is 2.32. The highest BCUT2D eigenvalue weighted by molar-refractivity contribution is 5.65. The Morgan fingerprint density at radius 2 is 1.42 bits per heavy atom. The van der Waals surface area contributed by atoms with Gasteiger partial charge < -0.3 is 18.9 Å². The van der Waals surface area contributed by atoms with Crippen LogP contribution in [0.1, 0.15) is 11.4 Å². The summed E-state index contributed by atoms with van der Waals surface area (Å²) < 4.78 is 23.2. The van der Waals surface area contributed by atoms with Gasteiger partial charge in [0.15, 0.2) is 28.8 Å². The summed E-state index contributed by atoms with van der Waals surface area (Å²) in [5.41, 5.74) is 2.92. The first kappa shape index (κ1) is 20.5. The van der Waals surface area contributed by atoms with E-state index in [1.54, 1.807) is 39.2 Å². The van der Waals surface area contributed by atoms with Crippen LogP contribution in [-0.4, -0.2) is 48.0 Å². The summed E-state index contributed by atoms with van der Waals surface area (Å²) in [4.78, 5) is 8.96. The fourth-order valence-corrected chi connectivity index (χ4v) is 3.45. The Morgan fingerprint density at radius 1 is 0.742 bits per heavy atom. The Balaban J connectivity index is 1.61. The van der Waals surface area contributed by atoms with Crippen LogP contribution < -0.4 is 18.9 Å². The molecule has 2 aromatic carbocycles. The van der Waals surface area contributed by atoms with E-state index in [0.717, 1.165) is 29.1 Å². The van der Waals surface area contributed by atoms with Crippen LogP contribution in [0.25, 0.3) is 17.0 Å². The summed E-state index contributed by atoms with van der Waals surface area (Å²) in [7, 11) is 6.49. The van der Waals surface area contributed by atoms with Gasteiger partial charge in [-0.25, -0.2) is 4.98 Å². The van der Waals surface area contributed by atoms with Gasteiger partial charge in [0.25, 0.3) is 5.78 Å². The summed E-state index contributed by atoms with van der Waals surface area (Å²) in [6, 6.07) is 13.5. The Labute approximate surface area is 180 Å². The molecule has 0 fully saturated rings. The summed E-state index contributed by atoms with van der Waals surface area (Å²) in [6.45, 7) is 0. The van der Waals surface area contributed by atoms with Gasteiger partial charge in [-0.3, -0.25) is 0 Å². The summed E-state index contributed by atoms with van der Waals surface area (Å²) >= 11 is 0. The van der Waals surface area contributed by atoms with E-state index >= 15 is 0 Å². The third-order valence-electron chi connectivity index (χ3n) is 5.05. The zero-order chi connectivity index (χ0) is 21.8. The van der Waals surface area contributed by atoms with Crippen molar-refractivity contribution in [2.75, 3.05) is 28.4 Å². The number of fused-ring (bicyclic) bond motifs is 1. The summed E-state index contributed by atoms with van der Waals surface area (Å²) in [5, 5.41) is 4.69. The molecule has 2 aromatic heterocycles. The van der Waals surface area contributed by atoms with Crippen molar-refractivity contribution >= 4 is 5.78 Å². The van der Waals surface area contributed by atoms with E-state index in [2.05, 4.69) is 9.97 Å². The van der Waals surface area contributed by atoms with E-state index in [1.165, 1.54) is 0 Å². The van der Waals surface area contributed by atoms with Crippen molar-refractivity contribution in [3.05, 3.63) is 60.0 Å². The van der Waals surface area contributed by atoms with Crippen molar-refractivity contribution < 1.29 is 18.9 Å². The van der Waals surface area contributed by atoms with E-state index in [4.69, 9.17) is 24.0 Å². The minimum atomic E-state index is 0.551. The zero-order valence-electron chi connectivity index (χ0n) is 18.0. The molecular weight excluding hydrogens is 396 g/mol. The Morgan fingerprint density at radius 3 is 2.13 bits per heavy atom. The number of methoxy groups -OCH3 is 4. The molecule has 4 rings (SSSR count). The van der Waals surface area contributed by atoms with Gasteiger partial charge in [-0.1, -0.05) is 6.07 Å². The predicted octanol–water partition coefficient (Wildman–Crippen LogP) is 3.61. The summed E-state index contributed by atoms with van der Waals surface area (Å²) in [5.74, 6) is 4.01. The second-order valence-electron chi connectivity index (χ2n) is 6.83. The molecule has 8 nitrogen and oxygen atoms in total. The predicted molar refractivity (Wildman–Crippen MR) is 116 cm³/mol. The average molecular weight is 420 g/mol. The van der Waals surface area contributed by atoms with Gasteiger partial charge in [-0.05, 0) is 48.4 Å². The third kappa shape index (κ3) is 4.09. The number of hydrogen-bond donors (Lipinski definition) is 0. The van der Waals surface area contributed by atoms with Crippen molar-refractivity contribution in [1.82, 2.24) is 19.6 Å². The second kappa shape index (κ2) is 8.91. The Hall–Kier alpha value is -3.81. The van der Waals surface area contributed by atoms with Crippen molar-refractivity contribution in [3.8, 4) is 34.3 Å². The average Bonchev–Trinajstić information content (AvgIpc) is 3.25. The van der Waals surface area contributed by atoms with Gasteiger partial charge in [0.2, 0.25) is 0 Å². The number of ether oxygens (including phenoxy) is 4. The molecule has 0 aliphatic rings. The lowest BCUT2D eigenvalue weighted by Gasteiger charge is -2.10. The quantitative estimate of drug-likeness (QED) is 0.431. The molecule has 2 heterocycles. The van der Waals surface area contributed by atoms with Gasteiger partial charge in [0, 0.05) is 18.2 Å². The second-order valence-corrected chi connectivity index (χ2v) is 6.83. The molecule has 8 heteroatoms. The van der Waals surface area contributed by atoms with Crippen LogP contribution in [0.4, 0.5) is 0 Å². The van der Waals surface area contributed by atoms with Crippen LogP contribution >= 0.6 is 0 Å². The van der Waals surface area contributed by atoms with Crippen LogP contribution in [0, 0.1) is 0 Å². The molecule has 0 saturated heterocycles. The van der Waals surface area contributed by atoms with E-state index in [9.17, 15) is 0 Å². The first-order valence-corrected chi connectivity index (χ1v) is 9.80. The molecular formula is C23H24N4O4. The van der Waals surface area contributed by atoms with E-state index < -0.39 is 0 Å². The maximum absolute atomic E-state index is 5.43. The molecule has 4 aromatic rings. The molecule has 0 spiro atoms. The molecule has 160 valence electrons. The minimum Gasteiger partial charge on any atom is -0.493 e. The SMILES string of the molecule is COc1ccc(CCc2nc3nccc(-c4ccc(OC)c(OC)c4)n3n2)cc1OC. The third-order valence-corrected chi connectivity index (χ3v) is 5.05. The number of nitrogens with zero attached hydrogens (tertiary/aromatic N) is 4. The van der Waals surface area contributed by atoms with E-state index in [-0.39, 0.29) is 0 Å². The monoisotopic (exact) mass is 420 g/mol. The van der Waals surface area contributed by atoms with E-state index in [1.807, 2.05) is 42.5 Å². The van der Waals surface area contributed by atoms with Crippen molar-refractivity contribution in [3.63, 3.8) is 0 Å². The van der Waals surface area contributed by atoms with Gasteiger partial charge in [0.05, 0.1) is 34.1 Å². The molecule has 0 radical (unpaired) electrons. The lowest BCUT2D eigenvalue weighted by Crippen LogP contribution is -1.98. The largest absolute Gasteiger partial charge is 0.493 e. The molecule has 31 heavy (non-hydrogen) atoms. The first-order valence-electron chi connectivity index (χ1n) is 9.80. The maximum Gasteiger partial charge on any atom is 0.252 e. The maximum atomic E-state index is 5.43. The van der Waals surface area contributed by atoms with Crippen molar-refractivity contribution in [2.24, 2.45) is 0 Å². The van der Waals surface area contributed by atoms with Crippen molar-refractivity contribution in [1.29, 1.82) is 0 Å². The standard InChI is InChI=1S/C23H24N4O4/c1-28-18-8-5-15(13-20(18)30-3)6-10-22-25-23-24-12-11-17(27(23)26-22)16-7-9-19(29-2)21(14-16)31-4/h5,7-9,11-14H,6,10H2,1-4H3. The molecule has 0 saturated carbocycles. The molecule has 0 bridgehead atoms. The number of benzene rings is 2. The highest BCUT2D eigenvalue weighted by Gasteiger charge is 2.13. The summed E-state index contributed by atoms with van der Waals surface area (Å²) in [6.07, 6.45) is 3.17. The molecule has 0 N–H and O–H groups in total. The van der Waals surface area contributed by atoms with Crippen LogP contribution in [0.3, 0.4) is 0 Å². The Bertz CT molecular complexity index is 1210. The highest BCUT2D eigenvalue weighted by atomic mass is 16.5. The van der Waals surface area contributed by atoms with E-state index in [0.29, 0.717) is 35.2 Å². The van der Waals surface area contributed by atoms with Crippen LogP contribution in [0.2, 0.25) is 0 Å². The molecule has 0 aliphatic heterocycles. The molecule has 0 unspecified atom stereocenters. The van der Waals surface area contributed by atoms with Crippen LogP contribution in [0.5, 0.6) is 23.0 Å². The normalized spacial score (nSPS) is 10.8. The van der Waals surface area contributed by atoms with Crippen LogP contribution in [-0.2, 0) is 12.8 Å². The number of aromatic nitrogens is 4. The van der Waals surface area contributed by atoms with Gasteiger partial charge >= 0.3 is 0 Å². The van der Waals surface area contributed by atoms with Crippen LogP contribution in [0.15, 0.2) is 48.7 Å². The lowest BCUT2D eigenvalue weighted by molar-refractivity contribution is 0.354. The number of aryl methyl sites for hydroxylation is 2. The fourth-order valence-electron chi connectivity index (χ4n) is 3.45. The Kier molecular flexibility index (Phi) is 5.88. The van der Waals surface area contributed by atoms with Gasteiger partial charge in [0.1, 0.15) is 0 Å². The topological polar surface area (TPSA) is 80.0 Å².